The highest BCUT2D eigenvalue weighted by Crippen LogP contribution is 2.62. The van der Waals surface area contributed by atoms with Crippen molar-refractivity contribution in [2.45, 2.75) is 402 Å². The van der Waals surface area contributed by atoms with Crippen LogP contribution in [0.3, 0.4) is 0 Å². The zero-order chi connectivity index (χ0) is 108. The number of esters is 4. The van der Waals surface area contributed by atoms with Crippen LogP contribution < -0.4 is 0 Å². The second-order valence-electron chi connectivity index (χ2n) is 49.1. The van der Waals surface area contributed by atoms with Crippen molar-refractivity contribution in [1.29, 1.82) is 0 Å². The Labute approximate surface area is 876 Å². The molecule has 16 unspecified atom stereocenters. The summed E-state index contributed by atoms with van der Waals surface area (Å²) in [6, 6.07) is 11.5. The molecule has 12 aliphatic rings. The Morgan fingerprint density at radius 3 is 1.09 bits per heavy atom. The lowest BCUT2D eigenvalue weighted by Crippen LogP contribution is -2.46. The number of nitrogens with zero attached hydrogens (tertiary/aromatic N) is 4. The first-order chi connectivity index (χ1) is 69.1. The van der Waals surface area contributed by atoms with Crippen molar-refractivity contribution in [3.8, 4) is 0 Å². The van der Waals surface area contributed by atoms with Crippen molar-refractivity contribution in [2.24, 2.45) is 116 Å². The summed E-state index contributed by atoms with van der Waals surface area (Å²) in [5, 5.41) is 110. The number of aliphatic hydroxyl groups excluding tert-OH is 10. The van der Waals surface area contributed by atoms with Gasteiger partial charge in [0.25, 0.3) is 0 Å². The molecule has 2 aromatic carbocycles. The molecule has 12 heterocycles. The third kappa shape index (κ3) is 25.3. The number of rotatable bonds is 8. The van der Waals surface area contributed by atoms with Gasteiger partial charge in [0.2, 0.25) is 5.89 Å². The molecule has 12 fully saturated rings. The van der Waals surface area contributed by atoms with Crippen molar-refractivity contribution >= 4 is 103 Å². The van der Waals surface area contributed by atoms with Gasteiger partial charge in [0.1, 0.15) is 76.6 Å². The molecular formula is C114H160N4O28S2. The molecule has 816 valence electrons. The SMILES string of the molecule is C/C(=C\c1coc(CO)n1)[C@@H]1CC2OC2(C)CC2CC2[C@H](C)[C@H](O)[C@@H](C)C(=O)C(C)(C)[C@@H](O)CC(=O)O1.C/C(=C\c1csc(CO)n1)[C@@H]1CC2OC2(C)CC2CC2[C@H](C)[C@H](O)[C@@H](C)C(=O)C(C)(C)[C@@H](O)CC(=O)O1.Cc1nc2cc([C@@H]3CC4OC4(C)CC4CC4[C@H](C)[C@H](O)[C@@H](C)C(=O)C(C)(C)[C@@H](O)CC(=O)O3)ccc2o1.Cc1nc2cc([C@@H]3CC4OC4(C)CC4CC4[C@H](C)[C@H](O)[C@@H](C)C(=O)C(C)(C)[C@@H](O)CC(=O)O3)ccc2s1. The first kappa shape index (κ1) is 114. The molecule has 8 aliphatic heterocycles. The zero-order valence-electron chi connectivity index (χ0n) is 90.4. The summed E-state index contributed by atoms with van der Waals surface area (Å²) in [6.07, 6.45) is 2.18. The normalized spacial score (nSPS) is 40.7. The van der Waals surface area contributed by atoms with Gasteiger partial charge in [-0.3, -0.25) is 38.4 Å². The third-order valence-electron chi connectivity index (χ3n) is 36.4. The molecule has 8 saturated heterocycles. The van der Waals surface area contributed by atoms with Crippen LogP contribution in [0.2, 0.25) is 0 Å². The summed E-state index contributed by atoms with van der Waals surface area (Å²) in [5.74, 6) is -2.47. The molecule has 34 heteroatoms. The van der Waals surface area contributed by atoms with Gasteiger partial charge >= 0.3 is 23.9 Å². The standard InChI is InChI=1S/C29H39NO7.C29H39NO6S.C28H41NO8.C28H41NO7S/c1-14-19-9-18(19)13-29(6)24(37-29)11-22(17-7-8-21-20(10-17)30-16(3)35-21)36-25(32)12-23(31)28(4,5)27(34)15(2)26(14)33;1-14-19-9-18(19)13-29(6)24(36-29)11-21(17-7-8-22-20(10-17)30-16(3)37-22)35-25(32)12-23(31)28(4,5)27(34)15(2)26(14)33;1-14(7-18-13-35-23(12-30)29-18)20-9-22-28(6,37-22)11-17-8-19(17)15(2)25(33)16(3)26(34)27(4,5)21(31)10-24(32)36-20;1-14(7-18-13-37-23(12-30)29-18)20-9-22-28(6,36-22)11-17-8-19(17)15(2)25(33)16(3)26(34)27(4,5)21(31)10-24(32)35-20/h7-8,10,14-15,18-19,22-24,26,31,33H,9,11-13H2,1-6H3;7-8,10,14-15,18-19,21,23-24,26,31,33H,9,11-13H2,1-6H3;2*7,13,15-17,19-22,25,30-31,33H,8-12H2,1-6H3/b;;2*14-7+/t14-,15+,18?,19?,22-,23-,24?,26-,29?;14-,15+,18?,19?,21-,23-,24?,26-,29?;2*15-,16+,17?,19?,20-,21-,22?,25-,28?/m0000/s1. The fourth-order valence-corrected chi connectivity index (χ4v) is 26.1. The minimum atomic E-state index is -1.27. The number of thiazole rings is 2. The number of fused-ring (bicyclic) bond motifs is 10. The topological polar surface area (TPSA) is 504 Å². The van der Waals surface area contributed by atoms with Crippen molar-refractivity contribution in [1.82, 2.24) is 19.9 Å². The van der Waals surface area contributed by atoms with E-state index in [9.17, 15) is 89.4 Å². The Morgan fingerprint density at radius 1 is 0.405 bits per heavy atom. The predicted octanol–water partition coefficient (Wildman–Crippen LogP) is 15.6. The summed E-state index contributed by atoms with van der Waals surface area (Å²) in [7, 11) is 0. The van der Waals surface area contributed by atoms with Crippen LogP contribution in [0.25, 0.3) is 33.5 Å². The molecule has 0 amide bonds. The molecule has 4 aromatic heterocycles. The number of ether oxygens (including phenoxy) is 8. The van der Waals surface area contributed by atoms with Crippen molar-refractivity contribution < 1.29 is 136 Å². The van der Waals surface area contributed by atoms with E-state index in [1.54, 1.807) is 107 Å². The molecule has 10 N–H and O–H groups in total. The zero-order valence-corrected chi connectivity index (χ0v) is 92.0. The summed E-state index contributed by atoms with van der Waals surface area (Å²) in [5.41, 5.74) is 0.404. The van der Waals surface area contributed by atoms with Gasteiger partial charge in [-0.25, -0.2) is 19.9 Å². The molecule has 4 saturated carbocycles. The highest BCUT2D eigenvalue weighted by molar-refractivity contribution is 7.18. The average Bonchev–Trinajstić information content (AvgIpc) is 1.59. The summed E-state index contributed by atoms with van der Waals surface area (Å²) >= 11 is 2.98. The lowest BCUT2D eigenvalue weighted by atomic mass is 9.72. The van der Waals surface area contributed by atoms with Crippen LogP contribution in [0.4, 0.5) is 0 Å². The fraction of sp³-hybridized carbons (Fsp3) is 0.719. The Bertz CT molecular complexity index is 5560. The van der Waals surface area contributed by atoms with E-state index in [4.69, 9.17) is 46.7 Å². The van der Waals surface area contributed by atoms with Gasteiger partial charge in [-0.05, 0) is 230 Å². The maximum atomic E-state index is 13.4. The summed E-state index contributed by atoms with van der Waals surface area (Å²) in [6.45, 7) is 43.3. The molecule has 148 heavy (non-hydrogen) atoms. The average molecular weight is 2100 g/mol. The van der Waals surface area contributed by atoms with E-state index in [0.717, 1.165) is 88.9 Å². The van der Waals surface area contributed by atoms with Crippen molar-refractivity contribution in [3.05, 3.63) is 103 Å². The Kier molecular flexibility index (Phi) is 33.8. The van der Waals surface area contributed by atoms with Crippen LogP contribution in [-0.2, 0) is 89.5 Å². The predicted molar refractivity (Wildman–Crippen MR) is 550 cm³/mol. The van der Waals surface area contributed by atoms with Gasteiger partial charge in [-0.15, -0.1) is 22.7 Å². The van der Waals surface area contributed by atoms with E-state index in [0.29, 0.717) is 106 Å². The van der Waals surface area contributed by atoms with Gasteiger partial charge < -0.3 is 97.8 Å². The minimum Gasteiger partial charge on any atom is -0.458 e. The highest BCUT2D eigenvalue weighted by Gasteiger charge is 2.64. The molecule has 0 spiro atoms. The molecule has 18 rings (SSSR count). The second-order valence-corrected chi connectivity index (χ2v) is 51.3. The molecule has 0 bridgehead atoms. The number of hydrogen-bond acceptors (Lipinski definition) is 34. The highest BCUT2D eigenvalue weighted by atomic mass is 32.1. The number of aliphatic hydroxyl groups is 10. The maximum Gasteiger partial charge on any atom is 0.309 e. The van der Waals surface area contributed by atoms with Crippen LogP contribution in [0, 0.1) is 130 Å². The quantitative estimate of drug-likeness (QED) is 0.0384. The minimum absolute atomic E-state index is 0.0309. The summed E-state index contributed by atoms with van der Waals surface area (Å²) in [4.78, 5) is 123. The number of hydrogen-bond donors (Lipinski definition) is 10. The molecule has 36 atom stereocenters. The Balaban J connectivity index is 0.000000148. The second kappa shape index (κ2) is 43.8. The van der Waals surface area contributed by atoms with Gasteiger partial charge in [0.15, 0.2) is 11.5 Å². The molecule has 6 aromatic rings. The Morgan fingerprint density at radius 2 is 0.743 bits per heavy atom. The number of carbonyl (C=O) groups excluding carboxylic acids is 8. The molecule has 32 nitrogen and oxygen atoms in total. The van der Waals surface area contributed by atoms with Crippen LogP contribution in [0.5, 0.6) is 0 Å². The first-order valence-corrected chi connectivity index (χ1v) is 55.1. The van der Waals surface area contributed by atoms with E-state index >= 15 is 0 Å². The van der Waals surface area contributed by atoms with Crippen molar-refractivity contribution in [3.63, 3.8) is 0 Å². The largest absolute Gasteiger partial charge is 0.458 e. The summed E-state index contributed by atoms with van der Waals surface area (Å²) < 4.78 is 60.1. The molecule has 0 radical (unpaired) electrons. The van der Waals surface area contributed by atoms with Gasteiger partial charge in [0.05, 0.1) is 171 Å². The number of aromatic nitrogens is 4. The number of carbonyl (C=O) groups is 8. The number of Topliss-reactive ketones (excluding diaryl/α,β-unsaturated/α-hetero) is 4. The van der Waals surface area contributed by atoms with Crippen LogP contribution in [-0.4, -0.2) is 226 Å². The maximum absolute atomic E-state index is 13.4. The van der Waals surface area contributed by atoms with E-state index in [2.05, 4.69) is 47.6 Å². The van der Waals surface area contributed by atoms with Crippen LogP contribution in [0.1, 0.15) is 312 Å². The lowest BCUT2D eigenvalue weighted by molar-refractivity contribution is -0.158. The van der Waals surface area contributed by atoms with Crippen LogP contribution >= 0.6 is 22.7 Å². The fourth-order valence-electron chi connectivity index (χ4n) is 24.7. The van der Waals surface area contributed by atoms with Gasteiger partial charge in [0, 0.05) is 61.7 Å². The number of benzene rings is 2. The number of cyclic esters (lactones) is 4. The number of ketones is 4. The van der Waals surface area contributed by atoms with Crippen molar-refractivity contribution in [2.75, 3.05) is 0 Å². The molecular weight excluding hydrogens is 1940 g/mol. The Hall–Kier alpha value is -7.88. The van der Waals surface area contributed by atoms with Gasteiger partial charge in [-0.2, -0.15) is 0 Å². The van der Waals surface area contributed by atoms with E-state index in [1.807, 2.05) is 96.3 Å². The van der Waals surface area contributed by atoms with E-state index < -0.39 is 142 Å². The van der Waals surface area contributed by atoms with E-state index in [-0.39, 0.29) is 138 Å². The van der Waals surface area contributed by atoms with Crippen LogP contribution in [0.15, 0.2) is 68.0 Å². The number of oxazole rings is 2. The van der Waals surface area contributed by atoms with E-state index in [1.165, 1.54) is 17.6 Å². The number of epoxide rings is 4. The lowest BCUT2D eigenvalue weighted by Gasteiger charge is -2.34. The van der Waals surface area contributed by atoms with Gasteiger partial charge in [-0.1, -0.05) is 123 Å². The first-order valence-electron chi connectivity index (χ1n) is 53.4. The monoisotopic (exact) mass is 2100 g/mol. The smallest absolute Gasteiger partial charge is 0.309 e. The number of aryl methyl sites for hydroxylation is 2. The third-order valence-corrected chi connectivity index (χ3v) is 38.2. The molecule has 4 aliphatic carbocycles.